The zero-order valence-corrected chi connectivity index (χ0v) is 12.1. The molecule has 0 heterocycles. The minimum atomic E-state index is -0.223. The number of allylic oxidation sites excluding steroid dienone is 1. The molecule has 0 aromatic carbocycles. The fraction of sp³-hybridized carbons (Fsp3) is 0.812. The molecular weight excluding hydrogens is 241 g/mol. The van der Waals surface area contributed by atoms with Crippen molar-refractivity contribution in [3.05, 3.63) is 11.1 Å². The van der Waals surface area contributed by atoms with Gasteiger partial charge in [-0.15, -0.1) is 0 Å². The second-order valence-electron chi connectivity index (χ2n) is 5.83. The lowest BCUT2D eigenvalue weighted by atomic mass is 9.79. The molecule has 2 aliphatic rings. The minimum Gasteiger partial charge on any atom is -0.300 e. The molecule has 3 heteroatoms. The highest BCUT2D eigenvalue weighted by Gasteiger charge is 2.29. The molecule has 0 unspecified atom stereocenters. The van der Waals surface area contributed by atoms with Crippen molar-refractivity contribution in [1.29, 1.82) is 0 Å². The summed E-state index contributed by atoms with van der Waals surface area (Å²) in [5.41, 5.74) is 2.55. The highest BCUT2D eigenvalue weighted by molar-refractivity contribution is 5.97. The van der Waals surface area contributed by atoms with Crippen LogP contribution >= 0.6 is 0 Å². The Morgan fingerprint density at radius 2 is 2.11 bits per heavy atom. The summed E-state index contributed by atoms with van der Waals surface area (Å²) in [6.07, 6.45) is 7.74. The average molecular weight is 267 g/mol. The zero-order valence-electron chi connectivity index (χ0n) is 12.1. The largest absolute Gasteiger partial charge is 0.300 e. The maximum Gasteiger partial charge on any atom is 0.158 e. The number of carbonyl (C=O) groups excluding carboxylic acids is 1. The topological polar surface area (TPSA) is 20.3 Å². The normalized spacial score (nSPS) is 23.9. The summed E-state index contributed by atoms with van der Waals surface area (Å²) in [5, 5.41) is 0. The van der Waals surface area contributed by atoms with Crippen LogP contribution in [0.4, 0.5) is 4.39 Å². The first-order valence-corrected chi connectivity index (χ1v) is 7.80. The number of hydrogen-bond acceptors (Lipinski definition) is 2. The Morgan fingerprint density at radius 3 is 2.84 bits per heavy atom. The van der Waals surface area contributed by atoms with E-state index in [-0.39, 0.29) is 6.67 Å². The van der Waals surface area contributed by atoms with Crippen LogP contribution < -0.4 is 0 Å². The van der Waals surface area contributed by atoms with Crippen LogP contribution in [0.5, 0.6) is 0 Å². The Kier molecular flexibility index (Phi) is 5.56. The first kappa shape index (κ1) is 14.7. The molecule has 1 atom stereocenters. The third kappa shape index (κ3) is 3.65. The number of Topliss-reactive ketones (excluding diaryl/α,β-unsaturated/α-hetero) is 1. The van der Waals surface area contributed by atoms with Crippen molar-refractivity contribution in [2.75, 3.05) is 19.8 Å². The van der Waals surface area contributed by atoms with Crippen LogP contribution in [0, 0.1) is 0 Å². The summed E-state index contributed by atoms with van der Waals surface area (Å²) in [6, 6.07) is 0.538. The minimum absolute atomic E-state index is 0.223. The summed E-state index contributed by atoms with van der Waals surface area (Å²) in [7, 11) is 0. The molecule has 0 aliphatic heterocycles. The molecular formula is C16H26FNO. The van der Waals surface area contributed by atoms with Gasteiger partial charge in [-0.1, -0.05) is 12.5 Å². The lowest BCUT2D eigenvalue weighted by molar-refractivity contribution is -0.116. The van der Waals surface area contributed by atoms with Gasteiger partial charge in [0, 0.05) is 19.0 Å². The number of rotatable bonds is 6. The van der Waals surface area contributed by atoms with Crippen molar-refractivity contribution >= 4 is 5.78 Å². The molecule has 2 nitrogen and oxygen atoms in total. The van der Waals surface area contributed by atoms with E-state index in [0.717, 1.165) is 63.6 Å². The van der Waals surface area contributed by atoms with E-state index in [0.29, 0.717) is 18.2 Å². The molecule has 2 aliphatic carbocycles. The second-order valence-corrected chi connectivity index (χ2v) is 5.83. The third-order valence-electron chi connectivity index (χ3n) is 4.46. The van der Waals surface area contributed by atoms with Crippen molar-refractivity contribution in [1.82, 2.24) is 4.90 Å². The van der Waals surface area contributed by atoms with E-state index in [2.05, 4.69) is 11.8 Å². The Morgan fingerprint density at radius 1 is 1.26 bits per heavy atom. The molecule has 108 valence electrons. The van der Waals surface area contributed by atoms with Crippen LogP contribution in [0.1, 0.15) is 58.3 Å². The molecule has 0 amide bonds. The van der Waals surface area contributed by atoms with E-state index in [4.69, 9.17) is 0 Å². The molecule has 19 heavy (non-hydrogen) atoms. The molecule has 0 saturated heterocycles. The summed E-state index contributed by atoms with van der Waals surface area (Å²) in [4.78, 5) is 14.3. The first-order valence-electron chi connectivity index (χ1n) is 7.80. The van der Waals surface area contributed by atoms with Gasteiger partial charge in [0.05, 0.1) is 6.67 Å². The Bertz CT molecular complexity index is 351. The fourth-order valence-electron chi connectivity index (χ4n) is 3.54. The Labute approximate surface area is 116 Å². The van der Waals surface area contributed by atoms with Gasteiger partial charge < -0.3 is 0 Å². The molecule has 0 radical (unpaired) electrons. The number of nitrogens with zero attached hydrogens (tertiary/aromatic N) is 1. The standard InChI is InChI=1S/C16H26FNO/c1-2-10-18(11-4-9-17)14-7-8-15-13(12-14)5-3-6-16(15)19/h14H,2-12H2,1H3/t14-/m1/s1. The SMILES string of the molecule is CCCN(CCCF)[C@@H]1CCC2=C(CCCC2=O)C1. The summed E-state index contributed by atoms with van der Waals surface area (Å²) in [5.74, 6) is 0.394. The Balaban J connectivity index is 2.00. The van der Waals surface area contributed by atoms with Gasteiger partial charge in [0.25, 0.3) is 0 Å². The third-order valence-corrected chi connectivity index (χ3v) is 4.46. The maximum atomic E-state index is 12.4. The highest BCUT2D eigenvalue weighted by Crippen LogP contribution is 2.35. The predicted octanol–water partition coefficient (Wildman–Crippen LogP) is 3.66. The smallest absolute Gasteiger partial charge is 0.158 e. The van der Waals surface area contributed by atoms with Crippen molar-refractivity contribution in [3.63, 3.8) is 0 Å². The van der Waals surface area contributed by atoms with E-state index >= 15 is 0 Å². The van der Waals surface area contributed by atoms with Gasteiger partial charge in [0.15, 0.2) is 5.78 Å². The molecule has 0 spiro atoms. The van der Waals surface area contributed by atoms with Gasteiger partial charge in [-0.3, -0.25) is 14.1 Å². The lowest BCUT2D eigenvalue weighted by Gasteiger charge is -2.37. The van der Waals surface area contributed by atoms with Crippen molar-refractivity contribution in [3.8, 4) is 0 Å². The summed E-state index contributed by atoms with van der Waals surface area (Å²) >= 11 is 0. The molecule has 0 fully saturated rings. The van der Waals surface area contributed by atoms with Crippen LogP contribution in [0.3, 0.4) is 0 Å². The van der Waals surface area contributed by atoms with Crippen molar-refractivity contribution in [2.24, 2.45) is 0 Å². The second kappa shape index (κ2) is 7.18. The van der Waals surface area contributed by atoms with Gasteiger partial charge in [-0.05, 0) is 57.1 Å². The molecule has 0 aromatic heterocycles. The van der Waals surface area contributed by atoms with E-state index < -0.39 is 0 Å². The molecule has 0 aromatic rings. The molecule has 0 N–H and O–H groups in total. The van der Waals surface area contributed by atoms with Gasteiger partial charge in [-0.25, -0.2) is 0 Å². The Hall–Kier alpha value is -0.700. The van der Waals surface area contributed by atoms with E-state index in [1.807, 2.05) is 0 Å². The zero-order chi connectivity index (χ0) is 13.7. The molecule has 0 saturated carbocycles. The van der Waals surface area contributed by atoms with Crippen molar-refractivity contribution < 1.29 is 9.18 Å². The van der Waals surface area contributed by atoms with Crippen LogP contribution in [-0.4, -0.2) is 36.5 Å². The number of alkyl halides is 1. The van der Waals surface area contributed by atoms with Gasteiger partial charge in [-0.2, -0.15) is 0 Å². The monoisotopic (exact) mass is 267 g/mol. The van der Waals surface area contributed by atoms with E-state index in [1.165, 1.54) is 5.57 Å². The van der Waals surface area contributed by atoms with Crippen LogP contribution in [-0.2, 0) is 4.79 Å². The van der Waals surface area contributed by atoms with Crippen LogP contribution in [0.2, 0.25) is 0 Å². The van der Waals surface area contributed by atoms with Crippen LogP contribution in [0.25, 0.3) is 0 Å². The van der Waals surface area contributed by atoms with Gasteiger partial charge >= 0.3 is 0 Å². The van der Waals surface area contributed by atoms with Crippen LogP contribution in [0.15, 0.2) is 11.1 Å². The number of hydrogen-bond donors (Lipinski definition) is 0. The van der Waals surface area contributed by atoms with Gasteiger partial charge in [0.2, 0.25) is 0 Å². The number of ketones is 1. The van der Waals surface area contributed by atoms with Crippen molar-refractivity contribution in [2.45, 2.75) is 64.3 Å². The number of halogens is 1. The van der Waals surface area contributed by atoms with Gasteiger partial charge in [0.1, 0.15) is 0 Å². The average Bonchev–Trinajstić information content (AvgIpc) is 2.43. The quantitative estimate of drug-likeness (QED) is 0.732. The molecule has 2 rings (SSSR count). The number of carbonyl (C=O) groups is 1. The first-order chi connectivity index (χ1) is 9.26. The maximum absolute atomic E-state index is 12.4. The summed E-state index contributed by atoms with van der Waals surface area (Å²) in [6.45, 7) is 3.88. The molecule has 0 bridgehead atoms. The van der Waals surface area contributed by atoms with E-state index in [1.54, 1.807) is 0 Å². The lowest BCUT2D eigenvalue weighted by Crippen LogP contribution is -2.39. The predicted molar refractivity (Wildman–Crippen MR) is 76.0 cm³/mol. The summed E-state index contributed by atoms with van der Waals surface area (Å²) < 4.78 is 12.4. The highest BCUT2D eigenvalue weighted by atomic mass is 19.1. The fourth-order valence-corrected chi connectivity index (χ4v) is 3.54. The van der Waals surface area contributed by atoms with E-state index in [9.17, 15) is 9.18 Å².